The zero-order valence-electron chi connectivity index (χ0n) is 8.20. The summed E-state index contributed by atoms with van der Waals surface area (Å²) in [6, 6.07) is 6.86. The monoisotopic (exact) mass is 222 g/mol. The van der Waals surface area contributed by atoms with Crippen LogP contribution in [0.15, 0.2) is 24.3 Å². The topological polar surface area (TPSA) is 26.3 Å². The van der Waals surface area contributed by atoms with E-state index in [-0.39, 0.29) is 5.97 Å². The van der Waals surface area contributed by atoms with Crippen molar-refractivity contribution in [1.82, 2.24) is 0 Å². The molecule has 15 heavy (non-hydrogen) atoms. The van der Waals surface area contributed by atoms with Gasteiger partial charge in [-0.15, -0.1) is 12.3 Å². The van der Waals surface area contributed by atoms with Crippen LogP contribution in [0.25, 0.3) is 0 Å². The molecule has 0 saturated heterocycles. The highest BCUT2D eigenvalue weighted by molar-refractivity contribution is 6.32. The number of benzene rings is 1. The number of carbonyl (C=O) groups is 1. The summed E-state index contributed by atoms with van der Waals surface area (Å²) in [4.78, 5) is 11.3. The van der Waals surface area contributed by atoms with Crippen LogP contribution in [0.3, 0.4) is 0 Å². The molecule has 1 aromatic rings. The first-order valence-corrected chi connectivity index (χ1v) is 5.00. The molecular formula is C12H11ClO2. The maximum absolute atomic E-state index is 11.3. The second-order valence-corrected chi connectivity index (χ2v) is 3.37. The smallest absolute Gasteiger partial charge is 0.311 e. The van der Waals surface area contributed by atoms with Crippen molar-refractivity contribution < 1.29 is 9.53 Å². The highest BCUT2D eigenvalue weighted by Crippen LogP contribution is 2.23. The Morgan fingerprint density at radius 1 is 1.47 bits per heavy atom. The molecule has 0 aliphatic carbocycles. The molecule has 0 bridgehead atoms. The highest BCUT2D eigenvalue weighted by Gasteiger charge is 2.06. The second kappa shape index (κ2) is 6.10. The summed E-state index contributed by atoms with van der Waals surface area (Å²) in [5, 5.41) is 0.433. The van der Waals surface area contributed by atoms with E-state index >= 15 is 0 Å². The van der Waals surface area contributed by atoms with Crippen molar-refractivity contribution in [3.05, 3.63) is 29.3 Å². The summed E-state index contributed by atoms with van der Waals surface area (Å²) in [6.07, 6.45) is 6.60. The Morgan fingerprint density at radius 3 is 2.87 bits per heavy atom. The summed E-state index contributed by atoms with van der Waals surface area (Å²) in [5.41, 5.74) is 0. The molecular weight excluding hydrogens is 212 g/mol. The van der Waals surface area contributed by atoms with Gasteiger partial charge in [0.05, 0.1) is 5.02 Å². The minimum atomic E-state index is -0.307. The van der Waals surface area contributed by atoms with Crippen molar-refractivity contribution in [2.24, 2.45) is 0 Å². The summed E-state index contributed by atoms with van der Waals surface area (Å²) in [7, 11) is 0. The van der Waals surface area contributed by atoms with E-state index in [1.165, 1.54) is 0 Å². The van der Waals surface area contributed by atoms with E-state index in [1.54, 1.807) is 24.3 Å². The van der Waals surface area contributed by atoms with Gasteiger partial charge in [-0.1, -0.05) is 23.7 Å². The zero-order chi connectivity index (χ0) is 11.1. The summed E-state index contributed by atoms with van der Waals surface area (Å²) in [5.74, 6) is 2.55. The van der Waals surface area contributed by atoms with Crippen molar-refractivity contribution in [1.29, 1.82) is 0 Å². The number of hydrogen-bond donors (Lipinski definition) is 0. The van der Waals surface area contributed by atoms with Gasteiger partial charge in [-0.3, -0.25) is 4.79 Å². The predicted octanol–water partition coefficient (Wildman–Crippen LogP) is 3.05. The van der Waals surface area contributed by atoms with Gasteiger partial charge in [-0.2, -0.15) is 0 Å². The number of unbranched alkanes of at least 4 members (excludes halogenated alkanes) is 1. The van der Waals surface area contributed by atoms with Crippen LogP contribution in [0, 0.1) is 12.3 Å². The quantitative estimate of drug-likeness (QED) is 0.339. The molecule has 1 rings (SSSR count). The van der Waals surface area contributed by atoms with Gasteiger partial charge in [0.15, 0.2) is 0 Å². The third-order valence-electron chi connectivity index (χ3n) is 1.76. The third-order valence-corrected chi connectivity index (χ3v) is 2.07. The predicted molar refractivity (Wildman–Crippen MR) is 59.8 cm³/mol. The van der Waals surface area contributed by atoms with E-state index in [0.29, 0.717) is 30.0 Å². The van der Waals surface area contributed by atoms with Crippen molar-refractivity contribution in [3.63, 3.8) is 0 Å². The molecule has 0 aliphatic heterocycles. The Labute approximate surface area is 94.2 Å². The fraction of sp³-hybridized carbons (Fsp3) is 0.250. The molecule has 0 amide bonds. The standard InChI is InChI=1S/C12H11ClO2/c1-2-3-4-9-12(14)15-11-8-6-5-7-10(11)13/h1,5-8H,3-4,9H2. The summed E-state index contributed by atoms with van der Waals surface area (Å²) >= 11 is 5.82. The third kappa shape index (κ3) is 4.05. The Bertz CT molecular complexity index is 379. The van der Waals surface area contributed by atoms with Crippen molar-refractivity contribution in [3.8, 4) is 18.1 Å². The molecule has 1 aromatic carbocycles. The molecule has 0 aliphatic rings. The molecule has 0 radical (unpaired) electrons. The lowest BCUT2D eigenvalue weighted by Crippen LogP contribution is -2.07. The van der Waals surface area contributed by atoms with Gasteiger partial charge in [0.2, 0.25) is 0 Å². The molecule has 3 heteroatoms. The van der Waals surface area contributed by atoms with E-state index in [4.69, 9.17) is 22.8 Å². The molecule has 0 spiro atoms. The Balaban J connectivity index is 2.45. The Hall–Kier alpha value is -1.46. The average molecular weight is 223 g/mol. The summed E-state index contributed by atoms with van der Waals surface area (Å²) in [6.45, 7) is 0. The normalized spacial score (nSPS) is 9.33. The van der Waals surface area contributed by atoms with Crippen LogP contribution in [0.1, 0.15) is 19.3 Å². The van der Waals surface area contributed by atoms with Crippen LogP contribution in [-0.2, 0) is 4.79 Å². The first-order chi connectivity index (χ1) is 7.24. The van der Waals surface area contributed by atoms with Crippen LogP contribution < -0.4 is 4.74 Å². The van der Waals surface area contributed by atoms with Gasteiger partial charge in [-0.25, -0.2) is 0 Å². The molecule has 2 nitrogen and oxygen atoms in total. The molecule has 78 valence electrons. The van der Waals surface area contributed by atoms with E-state index < -0.39 is 0 Å². The minimum absolute atomic E-state index is 0.307. The number of ether oxygens (including phenoxy) is 1. The largest absolute Gasteiger partial charge is 0.425 e. The first kappa shape index (κ1) is 11.6. The molecule has 0 heterocycles. The lowest BCUT2D eigenvalue weighted by Gasteiger charge is -2.04. The molecule has 0 saturated carbocycles. The van der Waals surface area contributed by atoms with Gasteiger partial charge in [0.1, 0.15) is 5.75 Å². The maximum Gasteiger partial charge on any atom is 0.311 e. The number of hydrogen-bond acceptors (Lipinski definition) is 2. The number of terminal acetylenes is 1. The van der Waals surface area contributed by atoms with Crippen LogP contribution in [0.5, 0.6) is 5.75 Å². The lowest BCUT2D eigenvalue weighted by molar-refractivity contribution is -0.134. The van der Waals surface area contributed by atoms with Gasteiger partial charge in [-0.05, 0) is 18.6 Å². The second-order valence-electron chi connectivity index (χ2n) is 2.96. The molecule has 0 N–H and O–H groups in total. The number of carbonyl (C=O) groups excluding carboxylic acids is 1. The fourth-order valence-electron chi connectivity index (χ4n) is 1.04. The van der Waals surface area contributed by atoms with Crippen LogP contribution in [0.4, 0.5) is 0 Å². The van der Waals surface area contributed by atoms with Gasteiger partial charge >= 0.3 is 5.97 Å². The number of rotatable bonds is 4. The van der Waals surface area contributed by atoms with E-state index in [0.717, 1.165) is 0 Å². The maximum atomic E-state index is 11.3. The number of esters is 1. The lowest BCUT2D eigenvalue weighted by atomic mass is 10.2. The van der Waals surface area contributed by atoms with Crippen molar-refractivity contribution in [2.75, 3.05) is 0 Å². The van der Waals surface area contributed by atoms with Crippen molar-refractivity contribution in [2.45, 2.75) is 19.3 Å². The zero-order valence-corrected chi connectivity index (χ0v) is 8.96. The Morgan fingerprint density at radius 2 is 2.20 bits per heavy atom. The fourth-order valence-corrected chi connectivity index (χ4v) is 1.21. The van der Waals surface area contributed by atoms with Crippen LogP contribution >= 0.6 is 11.6 Å². The molecule has 0 atom stereocenters. The van der Waals surface area contributed by atoms with Gasteiger partial charge in [0.25, 0.3) is 0 Å². The average Bonchev–Trinajstić information content (AvgIpc) is 2.22. The molecule has 0 unspecified atom stereocenters. The number of halogens is 1. The molecule has 0 fully saturated rings. The number of para-hydroxylation sites is 1. The van der Waals surface area contributed by atoms with Gasteiger partial charge in [0, 0.05) is 12.8 Å². The SMILES string of the molecule is C#CCCCC(=O)Oc1ccccc1Cl. The van der Waals surface area contributed by atoms with E-state index in [9.17, 15) is 4.79 Å². The highest BCUT2D eigenvalue weighted by atomic mass is 35.5. The van der Waals surface area contributed by atoms with Crippen LogP contribution in [-0.4, -0.2) is 5.97 Å². The minimum Gasteiger partial charge on any atom is -0.425 e. The van der Waals surface area contributed by atoms with E-state index in [2.05, 4.69) is 5.92 Å². The van der Waals surface area contributed by atoms with Crippen molar-refractivity contribution >= 4 is 17.6 Å². The molecule has 0 aromatic heterocycles. The first-order valence-electron chi connectivity index (χ1n) is 4.62. The van der Waals surface area contributed by atoms with E-state index in [1.807, 2.05) is 0 Å². The van der Waals surface area contributed by atoms with Crippen LogP contribution in [0.2, 0.25) is 5.02 Å². The Kier molecular flexibility index (Phi) is 4.73. The van der Waals surface area contributed by atoms with Gasteiger partial charge < -0.3 is 4.74 Å². The summed E-state index contributed by atoms with van der Waals surface area (Å²) < 4.78 is 5.05.